The zero-order valence-electron chi connectivity index (χ0n) is 31.8. The molecular weight excluding hydrogens is 585 g/mol. The van der Waals surface area contributed by atoms with E-state index in [0.717, 1.165) is 11.8 Å². The molecule has 4 bridgehead atoms. The first-order chi connectivity index (χ1) is 22.1. The molecule has 6 atom stereocenters. The summed E-state index contributed by atoms with van der Waals surface area (Å²) < 4.78 is 0. The Morgan fingerprint density at radius 3 is 1.09 bits per heavy atom. The normalized spacial score (nSPS) is 27.3. The summed E-state index contributed by atoms with van der Waals surface area (Å²) in [5.74, 6) is 4.40. The number of rotatable bonds is 21. The summed E-state index contributed by atoms with van der Waals surface area (Å²) in [6, 6.07) is 0. The highest BCUT2D eigenvalue weighted by Gasteiger charge is 2.46. The molecule has 4 aliphatic carbocycles. The first-order valence-corrected chi connectivity index (χ1v) is 27.3. The van der Waals surface area contributed by atoms with Crippen LogP contribution in [-0.4, -0.2) is 16.1 Å². The highest BCUT2D eigenvalue weighted by molar-refractivity contribution is 6.83. The minimum absolute atomic E-state index is 0.696. The second kappa shape index (κ2) is 18.0. The van der Waals surface area contributed by atoms with Crippen LogP contribution in [0.2, 0.25) is 39.3 Å². The second-order valence-electron chi connectivity index (χ2n) is 17.7. The van der Waals surface area contributed by atoms with Gasteiger partial charge in [-0.05, 0) is 62.2 Å². The van der Waals surface area contributed by atoms with Crippen molar-refractivity contribution in [3.05, 3.63) is 70.1 Å². The van der Waals surface area contributed by atoms with Gasteiger partial charge in [-0.2, -0.15) is 0 Å². The highest BCUT2D eigenvalue weighted by Crippen LogP contribution is 2.53. The lowest BCUT2D eigenvalue weighted by Gasteiger charge is -2.29. The van der Waals surface area contributed by atoms with Crippen LogP contribution in [0.15, 0.2) is 70.1 Å². The molecule has 0 saturated carbocycles. The maximum Gasteiger partial charge on any atom is 0.0732 e. The van der Waals surface area contributed by atoms with E-state index in [4.69, 9.17) is 0 Å². The van der Waals surface area contributed by atoms with Gasteiger partial charge in [-0.1, -0.05) is 200 Å². The van der Waals surface area contributed by atoms with Gasteiger partial charge in [0.1, 0.15) is 0 Å². The van der Waals surface area contributed by atoms with E-state index < -0.39 is 16.1 Å². The largest absolute Gasteiger partial charge is 0.0774 e. The number of hydrogen-bond acceptors (Lipinski definition) is 0. The molecule has 6 unspecified atom stereocenters. The summed E-state index contributed by atoms with van der Waals surface area (Å²) in [4.78, 5) is 0. The zero-order valence-corrected chi connectivity index (χ0v) is 33.8. The lowest BCUT2D eigenvalue weighted by Crippen LogP contribution is -2.29. The molecule has 0 aliphatic heterocycles. The van der Waals surface area contributed by atoms with Gasteiger partial charge in [0, 0.05) is 11.8 Å². The summed E-state index contributed by atoms with van der Waals surface area (Å²) in [5, 5.41) is 3.88. The van der Waals surface area contributed by atoms with E-state index in [2.05, 4.69) is 102 Å². The summed E-state index contributed by atoms with van der Waals surface area (Å²) in [6.07, 6.45) is 45.3. The van der Waals surface area contributed by atoms with Crippen molar-refractivity contribution in [1.29, 1.82) is 0 Å². The molecule has 2 heteroatoms. The molecule has 0 saturated heterocycles. The smallest absolute Gasteiger partial charge is 0.0732 e. The predicted molar refractivity (Wildman–Crippen MR) is 213 cm³/mol. The van der Waals surface area contributed by atoms with Crippen molar-refractivity contribution in [3.63, 3.8) is 0 Å². The minimum Gasteiger partial charge on any atom is -0.0774 e. The fourth-order valence-electron chi connectivity index (χ4n) is 10.1. The monoisotopic (exact) mass is 659 g/mol. The SMILES string of the molecule is CCCCCCCCC1=C([Si](C)(C)C)C2C=CC=CC1C2CCCCC1C2C=CC=CC1C([Si](C)(C)C)=C2CCCCCCCC. The molecule has 0 spiro atoms. The quantitative estimate of drug-likeness (QED) is 0.0850. The molecule has 0 heterocycles. The van der Waals surface area contributed by atoms with Crippen LogP contribution in [0.1, 0.15) is 129 Å². The van der Waals surface area contributed by atoms with E-state index in [0.29, 0.717) is 23.7 Å². The molecule has 4 rings (SSSR count). The second-order valence-corrected chi connectivity index (χ2v) is 27.7. The van der Waals surface area contributed by atoms with Crippen molar-refractivity contribution in [2.24, 2.45) is 35.5 Å². The third-order valence-electron chi connectivity index (χ3n) is 12.0. The van der Waals surface area contributed by atoms with Gasteiger partial charge < -0.3 is 0 Å². The van der Waals surface area contributed by atoms with Crippen LogP contribution in [0.25, 0.3) is 0 Å². The molecule has 0 fully saturated rings. The highest BCUT2D eigenvalue weighted by atomic mass is 28.3. The van der Waals surface area contributed by atoms with Gasteiger partial charge in [0.25, 0.3) is 0 Å². The summed E-state index contributed by atoms with van der Waals surface area (Å²) in [5.41, 5.74) is 3.79. The minimum atomic E-state index is -1.39. The van der Waals surface area contributed by atoms with Crippen LogP contribution in [-0.2, 0) is 0 Å². The molecular formula is C44H74Si2. The molecule has 0 amide bonds. The summed E-state index contributed by atoms with van der Waals surface area (Å²) in [7, 11) is -2.77. The Morgan fingerprint density at radius 2 is 0.739 bits per heavy atom. The maximum atomic E-state index is 2.63. The molecule has 0 radical (unpaired) electrons. The lowest BCUT2D eigenvalue weighted by molar-refractivity contribution is 0.330. The van der Waals surface area contributed by atoms with Gasteiger partial charge >= 0.3 is 0 Å². The Balaban J connectivity index is 1.39. The third kappa shape index (κ3) is 9.74. The Labute approximate surface area is 289 Å². The van der Waals surface area contributed by atoms with E-state index in [9.17, 15) is 0 Å². The molecule has 4 aliphatic rings. The number of allylic oxidation sites excluding steroid dienone is 12. The van der Waals surface area contributed by atoms with Crippen LogP contribution < -0.4 is 0 Å². The molecule has 0 aromatic carbocycles. The van der Waals surface area contributed by atoms with Crippen molar-refractivity contribution >= 4 is 16.1 Å². The van der Waals surface area contributed by atoms with Crippen LogP contribution in [0.4, 0.5) is 0 Å². The molecule has 0 N–H and O–H groups in total. The molecule has 0 nitrogen and oxygen atoms in total. The Kier molecular flexibility index (Phi) is 14.8. The van der Waals surface area contributed by atoms with Crippen molar-refractivity contribution in [2.45, 2.75) is 169 Å². The topological polar surface area (TPSA) is 0 Å². The first-order valence-electron chi connectivity index (χ1n) is 20.3. The van der Waals surface area contributed by atoms with Crippen LogP contribution >= 0.6 is 0 Å². The zero-order chi connectivity index (χ0) is 33.2. The molecule has 0 aromatic rings. The van der Waals surface area contributed by atoms with Gasteiger partial charge in [-0.3, -0.25) is 0 Å². The van der Waals surface area contributed by atoms with Gasteiger partial charge in [-0.15, -0.1) is 0 Å². The predicted octanol–water partition coefficient (Wildman–Crippen LogP) is 14.4. The number of fused-ring (bicyclic) bond motifs is 4. The molecule has 258 valence electrons. The maximum absolute atomic E-state index is 2.63. The van der Waals surface area contributed by atoms with Gasteiger partial charge in [-0.25, -0.2) is 0 Å². The van der Waals surface area contributed by atoms with E-state index in [-0.39, 0.29) is 0 Å². The lowest BCUT2D eigenvalue weighted by atomic mass is 9.79. The standard InChI is InChI=1S/C44H74Si2/c1-9-11-13-15-17-19-31-39-35-29-23-25-33-41(43(39)45(3,4)5)37(35)27-21-22-28-38-36-30-24-26-34-42(38)44(46(6,7)8)40(36)32-20-18-16-14-12-10-2/h23-26,29-30,33-38,41-42H,9-22,27-28,31-32H2,1-8H3. The van der Waals surface area contributed by atoms with E-state index in [1.807, 2.05) is 21.5 Å². The number of hydrogen-bond donors (Lipinski definition) is 0. The van der Waals surface area contributed by atoms with E-state index in [1.165, 1.54) is 116 Å². The van der Waals surface area contributed by atoms with Crippen molar-refractivity contribution in [3.8, 4) is 0 Å². The average Bonchev–Trinajstić information content (AvgIpc) is 3.22. The van der Waals surface area contributed by atoms with E-state index in [1.54, 1.807) is 0 Å². The van der Waals surface area contributed by atoms with E-state index >= 15 is 0 Å². The Hall–Kier alpha value is -1.13. The summed E-state index contributed by atoms with van der Waals surface area (Å²) in [6.45, 7) is 20.4. The average molecular weight is 659 g/mol. The van der Waals surface area contributed by atoms with Gasteiger partial charge in [0.2, 0.25) is 0 Å². The number of unbranched alkanes of at least 4 members (excludes halogenated alkanes) is 11. The van der Waals surface area contributed by atoms with Gasteiger partial charge in [0.05, 0.1) is 16.1 Å². The summed E-state index contributed by atoms with van der Waals surface area (Å²) >= 11 is 0. The van der Waals surface area contributed by atoms with Crippen LogP contribution in [0.3, 0.4) is 0 Å². The van der Waals surface area contributed by atoms with Crippen LogP contribution in [0.5, 0.6) is 0 Å². The Morgan fingerprint density at radius 1 is 0.413 bits per heavy atom. The van der Waals surface area contributed by atoms with Crippen LogP contribution in [0, 0.1) is 35.5 Å². The fourth-order valence-corrected chi connectivity index (χ4v) is 15.3. The molecule has 0 aromatic heterocycles. The van der Waals surface area contributed by atoms with Crippen molar-refractivity contribution in [1.82, 2.24) is 0 Å². The van der Waals surface area contributed by atoms with Crippen molar-refractivity contribution in [2.75, 3.05) is 0 Å². The fraction of sp³-hybridized carbons (Fsp3) is 0.727. The first kappa shape index (κ1) is 37.7. The molecule has 46 heavy (non-hydrogen) atoms. The third-order valence-corrected chi connectivity index (χ3v) is 16.6. The van der Waals surface area contributed by atoms with Crippen molar-refractivity contribution < 1.29 is 0 Å². The Bertz CT molecular complexity index is 1040. The van der Waals surface area contributed by atoms with Gasteiger partial charge in [0.15, 0.2) is 0 Å².